The summed E-state index contributed by atoms with van der Waals surface area (Å²) in [5.41, 5.74) is -4.74. The van der Waals surface area contributed by atoms with Crippen LogP contribution < -0.4 is 0 Å². The van der Waals surface area contributed by atoms with E-state index in [4.69, 9.17) is 11.6 Å². The molecule has 2 N–H and O–H groups in total. The number of hydrogen-bond donors (Lipinski definition) is 2. The van der Waals surface area contributed by atoms with E-state index in [2.05, 4.69) is 0 Å². The molecule has 0 aliphatic heterocycles. The topological polar surface area (TPSA) is 77.8 Å². The number of rotatable bonds is 6. The number of Topliss-reactive ketones (excluding diaryl/α,β-unsaturated/α-hetero) is 1. The van der Waals surface area contributed by atoms with Gasteiger partial charge in [-0.05, 0) is 73.3 Å². The van der Waals surface area contributed by atoms with Gasteiger partial charge in [-0.15, -0.1) is 11.3 Å². The number of hydrogen-bond acceptors (Lipinski definition) is 6. The van der Waals surface area contributed by atoms with Crippen molar-refractivity contribution in [1.29, 1.82) is 0 Å². The second kappa shape index (κ2) is 9.30. The van der Waals surface area contributed by atoms with Gasteiger partial charge in [-0.25, -0.2) is 13.2 Å². The van der Waals surface area contributed by atoms with Crippen molar-refractivity contribution in [3.63, 3.8) is 0 Å². The van der Waals surface area contributed by atoms with Crippen molar-refractivity contribution >= 4 is 34.5 Å². The van der Waals surface area contributed by atoms with Crippen LogP contribution in [0.5, 0.6) is 0 Å². The number of ketones is 2. The van der Waals surface area contributed by atoms with Crippen LogP contribution >= 0.6 is 22.9 Å². The standard InChI is InChI=1S/C27H31ClF3NO4S/c1-25-10-22(35)27(31)18(9-20(30)19-8-15(33)5-6-26(19,27)2)17(25)7-14(24(25)21(34)11-29)12-32(36)13-16-3-4-23(28)37-16/h3-6,8,14,17-18,20,22,24,35-36H,7,9-13H2,1-2H3/t14-,17?,18-,20-,22-,24+,25-,26-,27-/m0/s1. The Bertz CT molecular complexity index is 1170. The fraction of sp³-hybridized carbons (Fsp3) is 0.630. The Kier molecular flexibility index (Phi) is 6.80. The molecule has 4 aliphatic carbocycles. The van der Waals surface area contributed by atoms with Crippen molar-refractivity contribution in [1.82, 2.24) is 5.06 Å². The minimum atomic E-state index is -2.27. The summed E-state index contributed by atoms with van der Waals surface area (Å²) in [6.07, 6.45) is 0.515. The molecule has 4 aliphatic rings. The maximum atomic E-state index is 17.3. The van der Waals surface area contributed by atoms with Gasteiger partial charge in [0.05, 0.1) is 17.0 Å². The third kappa shape index (κ3) is 3.99. The summed E-state index contributed by atoms with van der Waals surface area (Å²) >= 11 is 7.29. The van der Waals surface area contributed by atoms with Crippen molar-refractivity contribution in [2.24, 2.45) is 34.5 Å². The monoisotopic (exact) mass is 557 g/mol. The number of carbonyl (C=O) groups excluding carboxylic acids is 2. The molecule has 0 aromatic carbocycles. The minimum Gasteiger partial charge on any atom is -0.390 e. The van der Waals surface area contributed by atoms with E-state index in [1.54, 1.807) is 19.1 Å². The van der Waals surface area contributed by atoms with Crippen molar-refractivity contribution in [3.8, 4) is 0 Å². The highest BCUT2D eigenvalue weighted by Crippen LogP contribution is 2.70. The van der Waals surface area contributed by atoms with Crippen LogP contribution in [-0.2, 0) is 16.1 Å². The summed E-state index contributed by atoms with van der Waals surface area (Å²) in [5, 5.41) is 23.1. The maximum Gasteiger partial charge on any atom is 0.178 e. The second-order valence-electron chi connectivity index (χ2n) is 11.6. The van der Waals surface area contributed by atoms with E-state index in [0.717, 1.165) is 16.0 Å². The first-order valence-corrected chi connectivity index (χ1v) is 13.8. The molecule has 3 saturated carbocycles. The molecule has 37 heavy (non-hydrogen) atoms. The smallest absolute Gasteiger partial charge is 0.178 e. The van der Waals surface area contributed by atoms with Crippen molar-refractivity contribution in [2.75, 3.05) is 13.2 Å². The summed E-state index contributed by atoms with van der Waals surface area (Å²) in [6.45, 7) is 2.27. The summed E-state index contributed by atoms with van der Waals surface area (Å²) in [6, 6.07) is 3.49. The first-order chi connectivity index (χ1) is 17.3. The Balaban J connectivity index is 1.50. The molecule has 0 bridgehead atoms. The number of nitrogens with zero attached hydrogens (tertiary/aromatic N) is 1. The minimum absolute atomic E-state index is 0.0310. The molecule has 0 amide bonds. The number of thiophene rings is 1. The molecule has 9 atom stereocenters. The molecule has 1 aromatic heterocycles. The zero-order chi connectivity index (χ0) is 26.9. The summed E-state index contributed by atoms with van der Waals surface area (Å²) in [5.74, 6) is -3.94. The third-order valence-corrected chi connectivity index (χ3v) is 10.9. The molecule has 1 unspecified atom stereocenters. The lowest BCUT2D eigenvalue weighted by atomic mass is 9.45. The van der Waals surface area contributed by atoms with E-state index in [1.165, 1.54) is 30.4 Å². The van der Waals surface area contributed by atoms with Crippen LogP contribution in [0.2, 0.25) is 4.34 Å². The van der Waals surface area contributed by atoms with Gasteiger partial charge in [-0.2, -0.15) is 5.06 Å². The van der Waals surface area contributed by atoms with Crippen LogP contribution in [-0.4, -0.2) is 58.1 Å². The number of halogens is 4. The van der Waals surface area contributed by atoms with Crippen LogP contribution in [0, 0.1) is 34.5 Å². The Morgan fingerprint density at radius 2 is 2.00 bits per heavy atom. The summed E-state index contributed by atoms with van der Waals surface area (Å²) in [4.78, 5) is 25.8. The van der Waals surface area contributed by atoms with Gasteiger partial charge in [0, 0.05) is 28.7 Å². The van der Waals surface area contributed by atoms with Crippen LogP contribution in [0.25, 0.3) is 0 Å². The first kappa shape index (κ1) is 27.1. The lowest BCUT2D eigenvalue weighted by molar-refractivity contribution is -0.202. The summed E-state index contributed by atoms with van der Waals surface area (Å²) < 4.78 is 47.3. The Morgan fingerprint density at radius 3 is 2.65 bits per heavy atom. The van der Waals surface area contributed by atoms with Crippen LogP contribution in [0.3, 0.4) is 0 Å². The molecule has 0 saturated heterocycles. The molecule has 5 nitrogen and oxygen atoms in total. The van der Waals surface area contributed by atoms with E-state index < -0.39 is 70.7 Å². The molecular formula is C27H31ClF3NO4S. The quantitative estimate of drug-likeness (QED) is 0.465. The highest BCUT2D eigenvalue weighted by atomic mass is 35.5. The molecule has 10 heteroatoms. The molecule has 1 heterocycles. The zero-order valence-corrected chi connectivity index (χ0v) is 22.2. The molecule has 5 rings (SSSR count). The average Bonchev–Trinajstić information content (AvgIpc) is 3.36. The number of aliphatic hydroxyl groups is 1. The molecule has 1 aromatic rings. The van der Waals surface area contributed by atoms with Gasteiger partial charge in [-0.3, -0.25) is 9.59 Å². The van der Waals surface area contributed by atoms with Gasteiger partial charge in [0.25, 0.3) is 0 Å². The maximum absolute atomic E-state index is 17.3. The number of carbonyl (C=O) groups is 2. The van der Waals surface area contributed by atoms with E-state index in [9.17, 15) is 24.3 Å². The second-order valence-corrected chi connectivity index (χ2v) is 13.4. The predicted molar refractivity (Wildman–Crippen MR) is 134 cm³/mol. The highest BCUT2D eigenvalue weighted by molar-refractivity contribution is 7.16. The fourth-order valence-electron chi connectivity index (χ4n) is 8.23. The van der Waals surface area contributed by atoms with Crippen molar-refractivity contribution in [2.45, 2.75) is 57.6 Å². The fourth-order valence-corrected chi connectivity index (χ4v) is 9.33. The van der Waals surface area contributed by atoms with Gasteiger partial charge < -0.3 is 10.3 Å². The van der Waals surface area contributed by atoms with Crippen molar-refractivity contribution in [3.05, 3.63) is 45.1 Å². The predicted octanol–water partition coefficient (Wildman–Crippen LogP) is 5.29. The Labute approximate surface area is 222 Å². The molecule has 202 valence electrons. The normalized spacial score (nSPS) is 42.8. The van der Waals surface area contributed by atoms with Gasteiger partial charge in [0.1, 0.15) is 12.8 Å². The number of allylic oxidation sites excluding steroid dienone is 4. The summed E-state index contributed by atoms with van der Waals surface area (Å²) in [7, 11) is 0. The van der Waals surface area contributed by atoms with Gasteiger partial charge in [0.2, 0.25) is 0 Å². The molecule has 0 radical (unpaired) electrons. The lowest BCUT2D eigenvalue weighted by Crippen LogP contribution is -2.68. The van der Waals surface area contributed by atoms with Crippen LogP contribution in [0.1, 0.15) is 38.0 Å². The van der Waals surface area contributed by atoms with Crippen LogP contribution in [0.15, 0.2) is 35.9 Å². The average molecular weight is 558 g/mol. The number of aliphatic hydroxyl groups excluding tert-OH is 1. The third-order valence-electron chi connectivity index (χ3n) is 9.69. The van der Waals surface area contributed by atoms with E-state index in [-0.39, 0.29) is 37.9 Å². The van der Waals surface area contributed by atoms with Crippen molar-refractivity contribution < 1.29 is 33.1 Å². The van der Waals surface area contributed by atoms with E-state index >= 15 is 8.78 Å². The Hall–Kier alpha value is -1.52. The largest absolute Gasteiger partial charge is 0.390 e. The molecule has 3 fully saturated rings. The van der Waals surface area contributed by atoms with Gasteiger partial charge in [0.15, 0.2) is 17.2 Å². The Morgan fingerprint density at radius 1 is 1.27 bits per heavy atom. The van der Waals surface area contributed by atoms with Gasteiger partial charge in [-0.1, -0.05) is 24.6 Å². The van der Waals surface area contributed by atoms with Crippen LogP contribution in [0.4, 0.5) is 13.2 Å². The molecular weight excluding hydrogens is 527 g/mol. The zero-order valence-electron chi connectivity index (χ0n) is 20.7. The lowest BCUT2D eigenvalue weighted by Gasteiger charge is -2.62. The number of fused-ring (bicyclic) bond motifs is 5. The number of hydroxylamine groups is 2. The SMILES string of the molecule is C[C@]12C[C@H](O)[C@@]3(F)[C@@H](C[C@H](F)C4=CC(=O)C=C[C@@]43C)C1C[C@@H](CN(O)Cc1ccc(Cl)s1)[C@@H]2C(=O)CF. The van der Waals surface area contributed by atoms with E-state index in [0.29, 0.717) is 4.34 Å². The van der Waals surface area contributed by atoms with E-state index in [1.807, 2.05) is 0 Å². The number of alkyl halides is 3. The molecule has 0 spiro atoms. The van der Waals surface area contributed by atoms with Gasteiger partial charge >= 0.3 is 0 Å². The first-order valence-electron chi connectivity index (χ1n) is 12.6. The highest BCUT2D eigenvalue weighted by Gasteiger charge is 2.73.